The van der Waals surface area contributed by atoms with E-state index in [1.165, 1.54) is 12.1 Å². The van der Waals surface area contributed by atoms with Crippen molar-refractivity contribution in [3.8, 4) is 0 Å². The molecule has 0 saturated heterocycles. The topological polar surface area (TPSA) is 122 Å². The molecular weight excluding hydrogens is 362 g/mol. The molecule has 138 valence electrons. The summed E-state index contributed by atoms with van der Waals surface area (Å²) in [5.74, 6) is -0.197. The van der Waals surface area contributed by atoms with Crippen molar-refractivity contribution in [1.29, 1.82) is 0 Å². The van der Waals surface area contributed by atoms with Crippen LogP contribution in [0.2, 0.25) is 0 Å². The minimum atomic E-state index is -0.599. The molecule has 5 rings (SSSR count). The number of carbonyl (C=O) groups excluding carboxylic acids is 1. The van der Waals surface area contributed by atoms with E-state index in [0.717, 1.165) is 5.52 Å². The lowest BCUT2D eigenvalue weighted by molar-refractivity contribution is -0.384. The van der Waals surface area contributed by atoms with E-state index in [-0.39, 0.29) is 23.6 Å². The first-order chi connectivity index (χ1) is 13.5. The minimum Gasteiger partial charge on any atom is -0.311 e. The Morgan fingerprint density at radius 1 is 1.14 bits per heavy atom. The van der Waals surface area contributed by atoms with E-state index in [4.69, 9.17) is 0 Å². The Kier molecular flexibility index (Phi) is 3.32. The monoisotopic (exact) mass is 375 g/mol. The number of aromatic amines is 1. The first-order valence-corrected chi connectivity index (χ1v) is 8.60. The van der Waals surface area contributed by atoms with Gasteiger partial charge >= 0.3 is 0 Å². The third kappa shape index (κ3) is 2.29. The summed E-state index contributed by atoms with van der Waals surface area (Å²) in [4.78, 5) is 43.2. The Bertz CT molecular complexity index is 1350. The van der Waals surface area contributed by atoms with Crippen LogP contribution in [0.15, 0.2) is 53.3 Å². The number of aromatic nitrogens is 3. The van der Waals surface area contributed by atoms with E-state index >= 15 is 0 Å². The summed E-state index contributed by atoms with van der Waals surface area (Å²) >= 11 is 0. The molecule has 1 aliphatic rings. The van der Waals surface area contributed by atoms with Gasteiger partial charge in [-0.25, -0.2) is 4.98 Å². The van der Waals surface area contributed by atoms with Crippen LogP contribution in [0.3, 0.4) is 0 Å². The highest BCUT2D eigenvalue weighted by Gasteiger charge is 2.32. The Morgan fingerprint density at radius 2 is 1.96 bits per heavy atom. The first kappa shape index (κ1) is 16.2. The Labute approximate surface area is 156 Å². The summed E-state index contributed by atoms with van der Waals surface area (Å²) in [5, 5.41) is 13.9. The second-order valence-electron chi connectivity index (χ2n) is 6.63. The number of nitro benzene ring substituents is 1. The van der Waals surface area contributed by atoms with Crippen LogP contribution in [-0.2, 0) is 4.79 Å². The minimum absolute atomic E-state index is 0.0232. The number of carbonyl (C=O) groups is 1. The van der Waals surface area contributed by atoms with Crippen LogP contribution in [0, 0.1) is 10.1 Å². The number of para-hydroxylation sites is 2. The first-order valence-electron chi connectivity index (χ1n) is 8.60. The molecule has 4 aromatic rings. The molecule has 2 aromatic heterocycles. The number of nitrogens with zero attached hydrogens (tertiary/aromatic N) is 3. The summed E-state index contributed by atoms with van der Waals surface area (Å²) in [6.07, 6.45) is 0.0232. The molecule has 1 amide bonds. The van der Waals surface area contributed by atoms with Crippen LogP contribution in [0.5, 0.6) is 0 Å². The van der Waals surface area contributed by atoms with Crippen LogP contribution in [0.4, 0.5) is 11.5 Å². The van der Waals surface area contributed by atoms with Crippen molar-refractivity contribution >= 4 is 34.2 Å². The molecule has 3 heterocycles. The number of hydrogen-bond acceptors (Lipinski definition) is 5. The number of nitro groups is 1. The predicted octanol–water partition coefficient (Wildman–Crippen LogP) is 2.56. The normalized spacial score (nSPS) is 16.1. The Balaban J connectivity index is 1.82. The number of benzene rings is 2. The number of amides is 1. The van der Waals surface area contributed by atoms with E-state index < -0.39 is 10.8 Å². The summed E-state index contributed by atoms with van der Waals surface area (Å²) in [5.41, 5.74) is 1.85. The van der Waals surface area contributed by atoms with Gasteiger partial charge in [0.15, 0.2) is 0 Å². The maximum Gasteiger partial charge on any atom is 0.269 e. The fraction of sp³-hybridized carbons (Fsp3) is 0.105. The molecule has 1 aliphatic heterocycles. The molecule has 9 nitrogen and oxygen atoms in total. The molecule has 0 spiro atoms. The number of H-pyrrole nitrogens is 1. The van der Waals surface area contributed by atoms with Crippen molar-refractivity contribution in [3.63, 3.8) is 0 Å². The molecule has 0 radical (unpaired) electrons. The molecule has 0 saturated carbocycles. The van der Waals surface area contributed by atoms with Gasteiger partial charge in [-0.3, -0.25) is 29.1 Å². The third-order valence-corrected chi connectivity index (χ3v) is 4.99. The van der Waals surface area contributed by atoms with Gasteiger partial charge < -0.3 is 5.32 Å². The lowest BCUT2D eigenvalue weighted by atomic mass is 9.86. The van der Waals surface area contributed by atoms with Crippen LogP contribution >= 0.6 is 0 Å². The number of fused-ring (bicyclic) bond motifs is 5. The molecule has 0 bridgehead atoms. The van der Waals surface area contributed by atoms with Gasteiger partial charge in [0.05, 0.1) is 21.5 Å². The molecular formula is C19H13N5O4. The average Bonchev–Trinajstić information content (AvgIpc) is 3.05. The van der Waals surface area contributed by atoms with Crippen molar-refractivity contribution in [2.75, 3.05) is 5.32 Å². The summed E-state index contributed by atoms with van der Waals surface area (Å²) in [6.45, 7) is 0. The summed E-state index contributed by atoms with van der Waals surface area (Å²) in [6, 6.07) is 13.4. The summed E-state index contributed by atoms with van der Waals surface area (Å²) in [7, 11) is 0. The lowest BCUT2D eigenvalue weighted by Gasteiger charge is -2.25. The van der Waals surface area contributed by atoms with Gasteiger partial charge in [0.1, 0.15) is 5.82 Å². The molecule has 2 aromatic carbocycles. The fourth-order valence-corrected chi connectivity index (χ4v) is 3.79. The molecule has 9 heteroatoms. The fourth-order valence-electron chi connectivity index (χ4n) is 3.79. The number of hydrogen-bond donors (Lipinski definition) is 2. The van der Waals surface area contributed by atoms with Crippen molar-refractivity contribution in [2.24, 2.45) is 0 Å². The van der Waals surface area contributed by atoms with Gasteiger partial charge in [0.2, 0.25) is 11.7 Å². The van der Waals surface area contributed by atoms with E-state index in [2.05, 4.69) is 15.3 Å². The number of nitrogens with one attached hydrogen (secondary N) is 2. The highest BCUT2D eigenvalue weighted by molar-refractivity contribution is 5.96. The van der Waals surface area contributed by atoms with Gasteiger partial charge in [-0.1, -0.05) is 24.3 Å². The standard InChI is InChI=1S/C19H13N5O4/c25-15-9-12(10-4-3-5-11(8-10)24(27)28)16-17(21-15)23-14-7-2-1-6-13(14)20-19(23)22-18(16)26/h1-8,12H,9H2,(H,21,25)(H,20,22,26). The maximum absolute atomic E-state index is 12.9. The zero-order valence-corrected chi connectivity index (χ0v) is 14.4. The lowest BCUT2D eigenvalue weighted by Crippen LogP contribution is -2.32. The van der Waals surface area contributed by atoms with E-state index in [1.807, 2.05) is 24.3 Å². The SMILES string of the molecule is O=C1CC(c2cccc([N+](=O)[O-])c2)c2c(n3c(nc4ccccc43)[nH]c2=O)N1. The maximum atomic E-state index is 12.9. The number of rotatable bonds is 2. The molecule has 2 N–H and O–H groups in total. The summed E-state index contributed by atoms with van der Waals surface area (Å²) < 4.78 is 1.70. The van der Waals surface area contributed by atoms with E-state index in [9.17, 15) is 19.7 Å². The average molecular weight is 375 g/mol. The molecule has 28 heavy (non-hydrogen) atoms. The molecule has 0 fully saturated rings. The largest absolute Gasteiger partial charge is 0.311 e. The van der Waals surface area contributed by atoms with Gasteiger partial charge in [-0.2, -0.15) is 0 Å². The number of anilines is 1. The van der Waals surface area contributed by atoms with Crippen molar-refractivity contribution in [3.05, 3.63) is 80.1 Å². The number of non-ortho nitro benzene ring substituents is 1. The Hall–Kier alpha value is -4.01. The third-order valence-electron chi connectivity index (χ3n) is 4.99. The zero-order valence-electron chi connectivity index (χ0n) is 14.4. The van der Waals surface area contributed by atoms with Crippen LogP contribution < -0.4 is 10.9 Å². The van der Waals surface area contributed by atoms with Crippen molar-refractivity contribution in [2.45, 2.75) is 12.3 Å². The quantitative estimate of drug-likeness (QED) is 0.412. The molecule has 1 atom stereocenters. The molecule has 0 aliphatic carbocycles. The molecule has 1 unspecified atom stereocenters. The smallest absolute Gasteiger partial charge is 0.269 e. The predicted molar refractivity (Wildman–Crippen MR) is 102 cm³/mol. The number of imidazole rings is 1. The highest BCUT2D eigenvalue weighted by Crippen LogP contribution is 2.37. The second kappa shape index (κ2) is 5.74. The second-order valence-corrected chi connectivity index (χ2v) is 6.63. The van der Waals surface area contributed by atoms with Crippen LogP contribution in [0.25, 0.3) is 16.8 Å². The highest BCUT2D eigenvalue weighted by atomic mass is 16.6. The van der Waals surface area contributed by atoms with Gasteiger partial charge in [-0.05, 0) is 17.7 Å². The van der Waals surface area contributed by atoms with Gasteiger partial charge in [0, 0.05) is 24.5 Å². The van der Waals surface area contributed by atoms with E-state index in [1.54, 1.807) is 16.5 Å². The Morgan fingerprint density at radius 3 is 2.79 bits per heavy atom. The van der Waals surface area contributed by atoms with Crippen molar-refractivity contribution in [1.82, 2.24) is 14.4 Å². The van der Waals surface area contributed by atoms with E-state index in [0.29, 0.717) is 28.2 Å². The van der Waals surface area contributed by atoms with Crippen LogP contribution in [-0.4, -0.2) is 25.2 Å². The van der Waals surface area contributed by atoms with Crippen LogP contribution in [0.1, 0.15) is 23.5 Å². The van der Waals surface area contributed by atoms with Gasteiger partial charge in [0.25, 0.3) is 11.2 Å². The van der Waals surface area contributed by atoms with Crippen molar-refractivity contribution < 1.29 is 9.72 Å². The zero-order chi connectivity index (χ0) is 19.4. The van der Waals surface area contributed by atoms with Gasteiger partial charge in [-0.15, -0.1) is 0 Å².